The molecule has 0 amide bonds. The van der Waals surface area contributed by atoms with Gasteiger partial charge in [-0.2, -0.15) is 0 Å². The molecule has 0 saturated heterocycles. The van der Waals surface area contributed by atoms with Gasteiger partial charge in [-0.25, -0.2) is 5.43 Å². The Morgan fingerprint density at radius 1 is 1.47 bits per heavy atom. The third-order valence-corrected chi connectivity index (χ3v) is 3.65. The van der Waals surface area contributed by atoms with Crippen molar-refractivity contribution >= 4 is 15.9 Å². The van der Waals surface area contributed by atoms with Crippen LogP contribution in [0.3, 0.4) is 0 Å². The molecular weight excluding hydrogens is 280 g/mol. The summed E-state index contributed by atoms with van der Waals surface area (Å²) in [6.45, 7) is 2.87. The minimum Gasteiger partial charge on any atom is -0.501 e. The fourth-order valence-electron chi connectivity index (χ4n) is 2.06. The van der Waals surface area contributed by atoms with Gasteiger partial charge in [0.15, 0.2) is 0 Å². The molecule has 0 saturated carbocycles. The first-order valence-electron chi connectivity index (χ1n) is 5.75. The molecule has 1 aliphatic heterocycles. The Morgan fingerprint density at radius 2 is 2.29 bits per heavy atom. The van der Waals surface area contributed by atoms with E-state index in [1.165, 1.54) is 11.1 Å². The minimum absolute atomic E-state index is 0.0188. The number of nitrogens with two attached hydrogens (primary N) is 1. The number of ether oxygens (including phenoxy) is 1. The van der Waals surface area contributed by atoms with Crippen LogP contribution in [0.2, 0.25) is 0 Å². The van der Waals surface area contributed by atoms with Crippen LogP contribution >= 0.6 is 15.9 Å². The van der Waals surface area contributed by atoms with Crippen LogP contribution in [0.25, 0.3) is 0 Å². The van der Waals surface area contributed by atoms with E-state index in [1.807, 2.05) is 6.26 Å². The Bertz CT molecular complexity index is 431. The van der Waals surface area contributed by atoms with Crippen molar-refractivity contribution in [2.75, 3.05) is 6.61 Å². The first kappa shape index (κ1) is 12.6. The third kappa shape index (κ3) is 2.89. The van der Waals surface area contributed by atoms with Crippen LogP contribution in [0.1, 0.15) is 30.0 Å². The topological polar surface area (TPSA) is 47.3 Å². The number of halogens is 1. The van der Waals surface area contributed by atoms with E-state index in [2.05, 4.69) is 46.5 Å². The maximum absolute atomic E-state index is 5.68. The largest absolute Gasteiger partial charge is 0.501 e. The van der Waals surface area contributed by atoms with Crippen LogP contribution in [-0.4, -0.2) is 6.61 Å². The molecule has 1 aromatic rings. The Kier molecular flexibility index (Phi) is 4.20. The molecule has 4 heteroatoms. The quantitative estimate of drug-likeness (QED) is 0.666. The molecule has 0 aromatic heterocycles. The molecule has 0 spiro atoms. The Balaban J connectivity index is 2.31. The van der Waals surface area contributed by atoms with E-state index in [0.29, 0.717) is 0 Å². The van der Waals surface area contributed by atoms with E-state index in [0.717, 1.165) is 29.5 Å². The van der Waals surface area contributed by atoms with Crippen LogP contribution in [0.4, 0.5) is 0 Å². The molecule has 1 aliphatic rings. The standard InChI is InChI=1S/C13H17BrN2O/c1-9-4-5-11(12(14)7-9)13(16-15)10-3-2-6-17-8-10/h4-5,7-8,13,16H,2-3,6,15H2,1H3. The maximum Gasteiger partial charge on any atom is 0.0876 e. The van der Waals surface area contributed by atoms with Crippen molar-refractivity contribution in [1.82, 2.24) is 5.43 Å². The fourth-order valence-corrected chi connectivity index (χ4v) is 2.78. The zero-order valence-electron chi connectivity index (χ0n) is 9.87. The number of rotatable bonds is 3. The minimum atomic E-state index is 0.0188. The summed E-state index contributed by atoms with van der Waals surface area (Å²) in [4.78, 5) is 0. The second kappa shape index (κ2) is 5.67. The number of hydrogen-bond acceptors (Lipinski definition) is 3. The van der Waals surface area contributed by atoms with Crippen LogP contribution in [0.15, 0.2) is 34.5 Å². The molecule has 3 nitrogen and oxygen atoms in total. The molecular formula is C13H17BrN2O. The van der Waals surface area contributed by atoms with Gasteiger partial charge in [-0.05, 0) is 42.5 Å². The van der Waals surface area contributed by atoms with Gasteiger partial charge in [0, 0.05) is 4.47 Å². The Labute approximate surface area is 110 Å². The van der Waals surface area contributed by atoms with Gasteiger partial charge in [-0.3, -0.25) is 5.84 Å². The van der Waals surface area contributed by atoms with Gasteiger partial charge < -0.3 is 4.74 Å². The van der Waals surface area contributed by atoms with Gasteiger partial charge in [-0.1, -0.05) is 28.1 Å². The van der Waals surface area contributed by atoms with Crippen molar-refractivity contribution in [3.05, 3.63) is 45.6 Å². The number of hydrogen-bond donors (Lipinski definition) is 2. The highest BCUT2D eigenvalue weighted by Crippen LogP contribution is 2.32. The predicted octanol–water partition coefficient (Wildman–Crippen LogP) is 2.96. The average Bonchev–Trinajstić information content (AvgIpc) is 2.34. The van der Waals surface area contributed by atoms with Gasteiger partial charge in [0.05, 0.1) is 18.9 Å². The van der Waals surface area contributed by atoms with Crippen LogP contribution in [-0.2, 0) is 4.74 Å². The highest BCUT2D eigenvalue weighted by Gasteiger charge is 2.19. The summed E-state index contributed by atoms with van der Waals surface area (Å²) >= 11 is 3.59. The van der Waals surface area contributed by atoms with E-state index in [4.69, 9.17) is 10.6 Å². The zero-order valence-corrected chi connectivity index (χ0v) is 11.5. The summed E-state index contributed by atoms with van der Waals surface area (Å²) in [7, 11) is 0. The van der Waals surface area contributed by atoms with Gasteiger partial charge in [0.25, 0.3) is 0 Å². The predicted molar refractivity (Wildman–Crippen MR) is 72.2 cm³/mol. The SMILES string of the molecule is Cc1ccc(C(NN)C2=COCCC2)c(Br)c1. The third-order valence-electron chi connectivity index (χ3n) is 2.97. The summed E-state index contributed by atoms with van der Waals surface area (Å²) in [6.07, 6.45) is 3.91. The van der Waals surface area contributed by atoms with E-state index in [9.17, 15) is 0 Å². The highest BCUT2D eigenvalue weighted by atomic mass is 79.9. The summed E-state index contributed by atoms with van der Waals surface area (Å²) in [5, 5.41) is 0. The molecule has 17 heavy (non-hydrogen) atoms. The smallest absolute Gasteiger partial charge is 0.0876 e. The van der Waals surface area contributed by atoms with Gasteiger partial charge in [0.1, 0.15) is 0 Å². The first-order valence-corrected chi connectivity index (χ1v) is 6.54. The monoisotopic (exact) mass is 296 g/mol. The van der Waals surface area contributed by atoms with E-state index in [1.54, 1.807) is 0 Å². The first-order chi connectivity index (χ1) is 8.22. The number of aryl methyl sites for hydroxylation is 1. The summed E-state index contributed by atoms with van der Waals surface area (Å²) in [5.41, 5.74) is 6.44. The van der Waals surface area contributed by atoms with Crippen molar-refractivity contribution in [2.45, 2.75) is 25.8 Å². The molecule has 0 radical (unpaired) electrons. The van der Waals surface area contributed by atoms with Gasteiger partial charge >= 0.3 is 0 Å². The average molecular weight is 297 g/mol. The fraction of sp³-hybridized carbons (Fsp3) is 0.385. The molecule has 1 unspecified atom stereocenters. The summed E-state index contributed by atoms with van der Waals surface area (Å²) < 4.78 is 6.45. The Morgan fingerprint density at radius 3 is 2.88 bits per heavy atom. The van der Waals surface area contributed by atoms with Crippen LogP contribution in [0.5, 0.6) is 0 Å². The van der Waals surface area contributed by atoms with E-state index < -0.39 is 0 Å². The molecule has 92 valence electrons. The van der Waals surface area contributed by atoms with Gasteiger partial charge in [0.2, 0.25) is 0 Å². The molecule has 1 atom stereocenters. The summed E-state index contributed by atoms with van der Waals surface area (Å²) in [6, 6.07) is 6.31. The molecule has 3 N–H and O–H groups in total. The van der Waals surface area contributed by atoms with Crippen molar-refractivity contribution < 1.29 is 4.74 Å². The summed E-state index contributed by atoms with van der Waals surface area (Å²) in [5.74, 6) is 5.68. The number of nitrogens with one attached hydrogen (secondary N) is 1. The van der Waals surface area contributed by atoms with Crippen molar-refractivity contribution in [3.8, 4) is 0 Å². The van der Waals surface area contributed by atoms with Crippen LogP contribution in [0, 0.1) is 6.92 Å². The zero-order chi connectivity index (χ0) is 12.3. The second-order valence-electron chi connectivity index (χ2n) is 4.29. The lowest BCUT2D eigenvalue weighted by Crippen LogP contribution is -2.30. The highest BCUT2D eigenvalue weighted by molar-refractivity contribution is 9.10. The molecule has 0 fully saturated rings. The Hall–Kier alpha value is -0.840. The van der Waals surface area contributed by atoms with Crippen molar-refractivity contribution in [1.29, 1.82) is 0 Å². The van der Waals surface area contributed by atoms with E-state index >= 15 is 0 Å². The lowest BCUT2D eigenvalue weighted by atomic mass is 9.95. The molecule has 1 heterocycles. The van der Waals surface area contributed by atoms with Crippen LogP contribution < -0.4 is 11.3 Å². The van der Waals surface area contributed by atoms with E-state index in [-0.39, 0.29) is 6.04 Å². The molecule has 0 aliphatic carbocycles. The lowest BCUT2D eigenvalue weighted by molar-refractivity contribution is 0.219. The molecule has 0 bridgehead atoms. The maximum atomic E-state index is 5.68. The molecule has 2 rings (SSSR count). The van der Waals surface area contributed by atoms with Crippen molar-refractivity contribution in [2.24, 2.45) is 5.84 Å². The van der Waals surface area contributed by atoms with Crippen molar-refractivity contribution in [3.63, 3.8) is 0 Å². The normalized spacial score (nSPS) is 17.2. The number of benzene rings is 1. The molecule has 1 aromatic carbocycles. The number of hydrazine groups is 1. The van der Waals surface area contributed by atoms with Gasteiger partial charge in [-0.15, -0.1) is 0 Å². The second-order valence-corrected chi connectivity index (χ2v) is 5.15. The lowest BCUT2D eigenvalue weighted by Gasteiger charge is -2.24.